The van der Waals surface area contributed by atoms with E-state index in [0.29, 0.717) is 5.92 Å². The van der Waals surface area contributed by atoms with E-state index in [-0.39, 0.29) is 6.04 Å². The van der Waals surface area contributed by atoms with Crippen molar-refractivity contribution in [2.45, 2.75) is 38.6 Å². The molecule has 0 saturated heterocycles. The first kappa shape index (κ1) is 14.4. The molecule has 0 aromatic carbocycles. The van der Waals surface area contributed by atoms with Gasteiger partial charge >= 0.3 is 0 Å². The van der Waals surface area contributed by atoms with Crippen molar-refractivity contribution in [1.82, 2.24) is 10.4 Å². The monoisotopic (exact) mass is 375 g/mol. The molecule has 0 amide bonds. The molecule has 1 saturated carbocycles. The van der Waals surface area contributed by atoms with Crippen molar-refractivity contribution in [1.29, 1.82) is 0 Å². The van der Waals surface area contributed by atoms with E-state index >= 15 is 0 Å². The number of rotatable bonds is 3. The van der Waals surface area contributed by atoms with Gasteiger partial charge in [-0.1, -0.05) is 19.8 Å². The van der Waals surface area contributed by atoms with Crippen LogP contribution in [0.5, 0.6) is 0 Å². The quantitative estimate of drug-likeness (QED) is 0.620. The Labute approximate surface area is 125 Å². The Bertz CT molecular complexity index is 411. The maximum Gasteiger partial charge on any atom is 0.0732 e. The van der Waals surface area contributed by atoms with E-state index in [4.69, 9.17) is 5.84 Å². The lowest BCUT2D eigenvalue weighted by Gasteiger charge is -2.33. The molecule has 0 aliphatic heterocycles. The molecule has 100 valence electrons. The van der Waals surface area contributed by atoms with Gasteiger partial charge in [0.15, 0.2) is 0 Å². The highest BCUT2D eigenvalue weighted by molar-refractivity contribution is 9.11. The Morgan fingerprint density at radius 2 is 2.22 bits per heavy atom. The van der Waals surface area contributed by atoms with Gasteiger partial charge < -0.3 is 0 Å². The summed E-state index contributed by atoms with van der Waals surface area (Å²) < 4.78 is 1.99. The van der Waals surface area contributed by atoms with Crippen molar-refractivity contribution in [3.8, 4) is 0 Å². The predicted molar refractivity (Wildman–Crippen MR) is 80.8 cm³/mol. The third kappa shape index (κ3) is 3.32. The molecule has 0 radical (unpaired) electrons. The molecule has 1 aromatic heterocycles. The number of aromatic nitrogens is 1. The highest BCUT2D eigenvalue weighted by atomic mass is 79.9. The molecule has 1 fully saturated rings. The van der Waals surface area contributed by atoms with Crippen LogP contribution in [0, 0.1) is 11.8 Å². The molecule has 18 heavy (non-hydrogen) atoms. The van der Waals surface area contributed by atoms with Crippen molar-refractivity contribution in [3.05, 3.63) is 26.9 Å². The van der Waals surface area contributed by atoms with Gasteiger partial charge in [0, 0.05) is 15.1 Å². The lowest BCUT2D eigenvalue weighted by atomic mass is 9.78. The van der Waals surface area contributed by atoms with Crippen LogP contribution in [0.4, 0.5) is 0 Å². The fourth-order valence-electron chi connectivity index (χ4n) is 2.88. The molecule has 0 bridgehead atoms. The zero-order chi connectivity index (χ0) is 13.1. The van der Waals surface area contributed by atoms with Crippen molar-refractivity contribution < 1.29 is 0 Å². The summed E-state index contributed by atoms with van der Waals surface area (Å²) >= 11 is 7.01. The normalized spacial score (nSPS) is 26.0. The van der Waals surface area contributed by atoms with Gasteiger partial charge in [0.05, 0.1) is 11.7 Å². The van der Waals surface area contributed by atoms with Crippen molar-refractivity contribution in [2.75, 3.05) is 0 Å². The van der Waals surface area contributed by atoms with Crippen LogP contribution in [0.3, 0.4) is 0 Å². The van der Waals surface area contributed by atoms with Gasteiger partial charge in [-0.15, -0.1) is 0 Å². The van der Waals surface area contributed by atoms with Crippen LogP contribution in [0.15, 0.2) is 21.2 Å². The average molecular weight is 377 g/mol. The zero-order valence-corrected chi connectivity index (χ0v) is 13.7. The molecule has 2 rings (SSSR count). The Kier molecular flexibility index (Phi) is 5.18. The van der Waals surface area contributed by atoms with Crippen LogP contribution in [-0.4, -0.2) is 4.98 Å². The first-order valence-corrected chi connectivity index (χ1v) is 7.97. The number of nitrogens with two attached hydrogens (primary N) is 1. The Balaban J connectivity index is 2.21. The summed E-state index contributed by atoms with van der Waals surface area (Å²) in [4.78, 5) is 4.51. The highest BCUT2D eigenvalue weighted by Gasteiger charge is 2.29. The van der Waals surface area contributed by atoms with Gasteiger partial charge in [-0.25, -0.2) is 0 Å². The Morgan fingerprint density at radius 1 is 1.44 bits per heavy atom. The summed E-state index contributed by atoms with van der Waals surface area (Å²) in [6.07, 6.45) is 6.90. The second-order valence-corrected chi connectivity index (χ2v) is 6.97. The summed E-state index contributed by atoms with van der Waals surface area (Å²) in [5.74, 6) is 7.12. The Morgan fingerprint density at radius 3 is 2.83 bits per heavy atom. The third-order valence-corrected chi connectivity index (χ3v) is 4.83. The number of hydrogen-bond acceptors (Lipinski definition) is 3. The molecule has 1 aliphatic rings. The van der Waals surface area contributed by atoms with E-state index in [1.807, 2.05) is 12.3 Å². The predicted octanol–water partition coefficient (Wildman–Crippen LogP) is 3.94. The summed E-state index contributed by atoms with van der Waals surface area (Å²) in [5, 5.41) is 0. The maximum absolute atomic E-state index is 5.77. The minimum atomic E-state index is 0.134. The molecule has 3 atom stereocenters. The minimum absolute atomic E-state index is 0.134. The van der Waals surface area contributed by atoms with Crippen molar-refractivity contribution >= 4 is 31.9 Å². The number of pyridine rings is 1. The van der Waals surface area contributed by atoms with Crippen LogP contribution in [0.2, 0.25) is 0 Å². The SMILES string of the molecule is CC1CCCC(C(NN)c2ncc(Br)cc2Br)C1. The first-order chi connectivity index (χ1) is 8.61. The number of halogens is 2. The minimum Gasteiger partial charge on any atom is -0.271 e. The van der Waals surface area contributed by atoms with E-state index < -0.39 is 0 Å². The number of hydrazine groups is 1. The number of nitrogens with one attached hydrogen (secondary N) is 1. The number of hydrogen-bond donors (Lipinski definition) is 2. The van der Waals surface area contributed by atoms with Crippen molar-refractivity contribution in [3.63, 3.8) is 0 Å². The van der Waals surface area contributed by atoms with Crippen LogP contribution in [0.25, 0.3) is 0 Å². The van der Waals surface area contributed by atoms with Crippen LogP contribution >= 0.6 is 31.9 Å². The second kappa shape index (κ2) is 6.46. The van der Waals surface area contributed by atoms with E-state index in [0.717, 1.165) is 20.6 Å². The highest BCUT2D eigenvalue weighted by Crippen LogP contribution is 2.38. The molecular formula is C13H19Br2N3. The van der Waals surface area contributed by atoms with Gasteiger partial charge in [0.2, 0.25) is 0 Å². The largest absolute Gasteiger partial charge is 0.271 e. The average Bonchev–Trinajstić information content (AvgIpc) is 2.33. The number of nitrogens with zero attached hydrogens (tertiary/aromatic N) is 1. The van der Waals surface area contributed by atoms with E-state index in [2.05, 4.69) is 49.2 Å². The topological polar surface area (TPSA) is 50.9 Å². The van der Waals surface area contributed by atoms with Crippen LogP contribution < -0.4 is 11.3 Å². The molecule has 3 nitrogen and oxygen atoms in total. The molecule has 3 N–H and O–H groups in total. The van der Waals surface area contributed by atoms with E-state index in [1.54, 1.807) is 0 Å². The first-order valence-electron chi connectivity index (χ1n) is 6.39. The smallest absolute Gasteiger partial charge is 0.0732 e. The fraction of sp³-hybridized carbons (Fsp3) is 0.615. The second-order valence-electron chi connectivity index (χ2n) is 5.20. The lowest BCUT2D eigenvalue weighted by Crippen LogP contribution is -2.36. The molecule has 1 aromatic rings. The van der Waals surface area contributed by atoms with Crippen molar-refractivity contribution in [2.24, 2.45) is 17.7 Å². The van der Waals surface area contributed by atoms with Gasteiger partial charge in [-0.3, -0.25) is 16.3 Å². The molecule has 1 heterocycles. The summed E-state index contributed by atoms with van der Waals surface area (Å²) in [6.45, 7) is 2.32. The van der Waals surface area contributed by atoms with Gasteiger partial charge in [-0.05, 0) is 62.6 Å². The van der Waals surface area contributed by atoms with E-state index in [9.17, 15) is 0 Å². The molecular weight excluding hydrogens is 358 g/mol. The molecule has 5 heteroatoms. The maximum atomic E-state index is 5.77. The summed E-state index contributed by atoms with van der Waals surface area (Å²) in [6, 6.07) is 2.16. The summed E-state index contributed by atoms with van der Waals surface area (Å²) in [5.41, 5.74) is 3.97. The molecule has 0 spiro atoms. The van der Waals surface area contributed by atoms with Gasteiger partial charge in [0.25, 0.3) is 0 Å². The Hall–Kier alpha value is 0.0300. The molecule has 1 aliphatic carbocycles. The van der Waals surface area contributed by atoms with Crippen LogP contribution in [0.1, 0.15) is 44.3 Å². The van der Waals surface area contributed by atoms with Gasteiger partial charge in [0.1, 0.15) is 0 Å². The lowest BCUT2D eigenvalue weighted by molar-refractivity contribution is 0.221. The summed E-state index contributed by atoms with van der Waals surface area (Å²) in [7, 11) is 0. The van der Waals surface area contributed by atoms with Crippen LogP contribution in [-0.2, 0) is 0 Å². The van der Waals surface area contributed by atoms with E-state index in [1.165, 1.54) is 25.7 Å². The fourth-order valence-corrected chi connectivity index (χ4v) is 4.11. The van der Waals surface area contributed by atoms with Gasteiger partial charge in [-0.2, -0.15) is 0 Å². The third-order valence-electron chi connectivity index (χ3n) is 3.76. The standard InChI is InChI=1S/C13H19Br2N3/c1-8-3-2-4-9(5-8)12(18-16)13-11(15)6-10(14)7-17-13/h6-9,12,18H,2-5,16H2,1H3. The zero-order valence-electron chi connectivity index (χ0n) is 10.5. The molecule has 3 unspecified atom stereocenters.